The van der Waals surface area contributed by atoms with E-state index in [1.54, 1.807) is 0 Å². The number of unbranched alkanes of at least 4 members (excludes halogenated alkanes) is 2. The van der Waals surface area contributed by atoms with Crippen LogP contribution in [-0.2, 0) is 16.6 Å². The van der Waals surface area contributed by atoms with Crippen LogP contribution in [-0.4, -0.2) is 19.6 Å². The lowest BCUT2D eigenvalue weighted by molar-refractivity contribution is 0.236. The molecule has 6 heteroatoms. The van der Waals surface area contributed by atoms with Gasteiger partial charge in [0.25, 0.3) is 10.0 Å². The fraction of sp³-hybridized carbons (Fsp3) is 0.667. The van der Waals surface area contributed by atoms with Crippen LogP contribution in [0.3, 0.4) is 0 Å². The van der Waals surface area contributed by atoms with Gasteiger partial charge in [-0.25, -0.2) is 13.1 Å². The third-order valence-corrected chi connectivity index (χ3v) is 4.12. The summed E-state index contributed by atoms with van der Waals surface area (Å²) < 4.78 is 31.4. The highest BCUT2D eigenvalue weighted by Gasteiger charge is 2.20. The maximum atomic E-state index is 11.9. The van der Waals surface area contributed by atoms with Gasteiger partial charge < -0.3 is 9.52 Å². The van der Waals surface area contributed by atoms with E-state index in [2.05, 4.69) is 11.6 Å². The second-order valence-corrected chi connectivity index (χ2v) is 6.04. The molecule has 0 aliphatic heterocycles. The zero-order valence-corrected chi connectivity index (χ0v) is 11.7. The maximum absolute atomic E-state index is 11.9. The number of furan rings is 1. The SMILES string of the molecule is CCCCCC(C)NS(=O)(=O)c1ccc(CO)o1. The van der Waals surface area contributed by atoms with Crippen molar-refractivity contribution >= 4 is 10.0 Å². The van der Waals surface area contributed by atoms with Gasteiger partial charge in [-0.2, -0.15) is 0 Å². The molecule has 1 atom stereocenters. The molecule has 0 saturated carbocycles. The molecule has 0 aromatic carbocycles. The van der Waals surface area contributed by atoms with Crippen LogP contribution in [0.2, 0.25) is 0 Å². The van der Waals surface area contributed by atoms with Crippen LogP contribution in [0.5, 0.6) is 0 Å². The average molecular weight is 275 g/mol. The molecule has 1 heterocycles. The van der Waals surface area contributed by atoms with Gasteiger partial charge in [0.05, 0.1) is 0 Å². The summed E-state index contributed by atoms with van der Waals surface area (Å²) in [4.78, 5) is 0. The average Bonchev–Trinajstić information content (AvgIpc) is 2.78. The van der Waals surface area contributed by atoms with Gasteiger partial charge in [-0.05, 0) is 25.5 Å². The largest absolute Gasteiger partial charge is 0.446 e. The van der Waals surface area contributed by atoms with Crippen LogP contribution >= 0.6 is 0 Å². The Morgan fingerprint density at radius 3 is 2.67 bits per heavy atom. The van der Waals surface area contributed by atoms with Gasteiger partial charge in [0, 0.05) is 6.04 Å². The molecule has 0 aliphatic rings. The lowest BCUT2D eigenvalue weighted by Gasteiger charge is -2.12. The van der Waals surface area contributed by atoms with Gasteiger partial charge in [0.2, 0.25) is 5.09 Å². The minimum Gasteiger partial charge on any atom is -0.446 e. The van der Waals surface area contributed by atoms with Crippen molar-refractivity contribution in [1.29, 1.82) is 0 Å². The number of aliphatic hydroxyl groups is 1. The van der Waals surface area contributed by atoms with Gasteiger partial charge in [-0.15, -0.1) is 0 Å². The molecule has 5 nitrogen and oxygen atoms in total. The zero-order valence-electron chi connectivity index (χ0n) is 10.8. The summed E-state index contributed by atoms with van der Waals surface area (Å²) in [6.07, 6.45) is 4.01. The summed E-state index contributed by atoms with van der Waals surface area (Å²) in [5.74, 6) is 0.244. The van der Waals surface area contributed by atoms with E-state index in [1.807, 2.05) is 6.92 Å². The quantitative estimate of drug-likeness (QED) is 0.711. The summed E-state index contributed by atoms with van der Waals surface area (Å²) in [6, 6.07) is 2.69. The first kappa shape index (κ1) is 15.2. The number of rotatable bonds is 8. The van der Waals surface area contributed by atoms with Crippen LogP contribution in [0.15, 0.2) is 21.6 Å². The molecule has 0 spiro atoms. The normalized spacial score (nSPS) is 13.7. The minimum absolute atomic E-state index is 0.121. The number of hydrogen-bond donors (Lipinski definition) is 2. The van der Waals surface area contributed by atoms with Crippen molar-refractivity contribution in [3.8, 4) is 0 Å². The Labute approximate surface area is 108 Å². The van der Waals surface area contributed by atoms with E-state index in [-0.39, 0.29) is 23.5 Å². The summed E-state index contributed by atoms with van der Waals surface area (Å²) >= 11 is 0. The van der Waals surface area contributed by atoms with Gasteiger partial charge in [-0.1, -0.05) is 26.2 Å². The number of aliphatic hydroxyl groups excluding tert-OH is 1. The lowest BCUT2D eigenvalue weighted by Crippen LogP contribution is -2.32. The Hall–Kier alpha value is -0.850. The molecule has 0 fully saturated rings. The van der Waals surface area contributed by atoms with Crippen LogP contribution < -0.4 is 4.72 Å². The fourth-order valence-electron chi connectivity index (χ4n) is 1.67. The molecule has 18 heavy (non-hydrogen) atoms. The predicted molar refractivity (Wildman–Crippen MR) is 68.6 cm³/mol. The number of sulfonamides is 1. The fourth-order valence-corrected chi connectivity index (χ4v) is 2.90. The summed E-state index contributed by atoms with van der Waals surface area (Å²) in [7, 11) is -3.61. The predicted octanol–water partition coefficient (Wildman–Crippen LogP) is 2.02. The van der Waals surface area contributed by atoms with Gasteiger partial charge in [0.1, 0.15) is 12.4 Å². The van der Waals surface area contributed by atoms with Gasteiger partial charge >= 0.3 is 0 Å². The molecule has 0 saturated heterocycles. The van der Waals surface area contributed by atoms with Crippen molar-refractivity contribution in [1.82, 2.24) is 4.72 Å². The van der Waals surface area contributed by atoms with E-state index in [4.69, 9.17) is 9.52 Å². The second-order valence-electron chi connectivity index (χ2n) is 4.40. The molecular weight excluding hydrogens is 254 g/mol. The minimum atomic E-state index is -3.61. The first-order valence-electron chi connectivity index (χ1n) is 6.21. The van der Waals surface area contributed by atoms with Crippen LogP contribution in [0, 0.1) is 0 Å². The first-order valence-corrected chi connectivity index (χ1v) is 7.69. The molecule has 104 valence electrons. The molecule has 1 unspecified atom stereocenters. The van der Waals surface area contributed by atoms with Crippen molar-refractivity contribution in [2.45, 2.75) is 57.3 Å². The molecule has 0 amide bonds. The Kier molecular flexibility index (Phi) is 5.84. The maximum Gasteiger partial charge on any atom is 0.274 e. The third-order valence-electron chi connectivity index (χ3n) is 2.65. The highest BCUT2D eigenvalue weighted by atomic mass is 32.2. The standard InChI is InChI=1S/C12H21NO4S/c1-3-4-5-6-10(2)13-18(15,16)12-8-7-11(9-14)17-12/h7-8,10,13-14H,3-6,9H2,1-2H3. The van der Waals surface area contributed by atoms with Crippen LogP contribution in [0.1, 0.15) is 45.3 Å². The molecule has 0 bridgehead atoms. The van der Waals surface area contributed by atoms with E-state index < -0.39 is 10.0 Å². The van der Waals surface area contributed by atoms with E-state index in [0.29, 0.717) is 0 Å². The summed E-state index contributed by atoms with van der Waals surface area (Å²) in [6.45, 7) is 3.64. The Morgan fingerprint density at radius 1 is 1.39 bits per heavy atom. The zero-order chi connectivity index (χ0) is 13.6. The summed E-state index contributed by atoms with van der Waals surface area (Å²) in [5, 5.41) is 8.69. The van der Waals surface area contributed by atoms with Crippen LogP contribution in [0.4, 0.5) is 0 Å². The number of nitrogens with one attached hydrogen (secondary N) is 1. The molecule has 1 aromatic heterocycles. The lowest BCUT2D eigenvalue weighted by atomic mass is 10.1. The van der Waals surface area contributed by atoms with Gasteiger partial charge in [0.15, 0.2) is 0 Å². The van der Waals surface area contributed by atoms with E-state index >= 15 is 0 Å². The third kappa shape index (κ3) is 4.44. The second kappa shape index (κ2) is 6.92. The Morgan fingerprint density at radius 2 is 2.11 bits per heavy atom. The van der Waals surface area contributed by atoms with Gasteiger partial charge in [-0.3, -0.25) is 0 Å². The van der Waals surface area contributed by atoms with E-state index in [9.17, 15) is 8.42 Å². The molecule has 2 N–H and O–H groups in total. The van der Waals surface area contributed by atoms with Crippen molar-refractivity contribution < 1.29 is 17.9 Å². The molecular formula is C12H21NO4S. The van der Waals surface area contributed by atoms with E-state index in [0.717, 1.165) is 25.7 Å². The monoisotopic (exact) mass is 275 g/mol. The Balaban J connectivity index is 2.58. The van der Waals surface area contributed by atoms with Crippen molar-refractivity contribution in [2.24, 2.45) is 0 Å². The highest BCUT2D eigenvalue weighted by molar-refractivity contribution is 7.89. The smallest absolute Gasteiger partial charge is 0.274 e. The number of hydrogen-bond acceptors (Lipinski definition) is 4. The van der Waals surface area contributed by atoms with Crippen molar-refractivity contribution in [3.63, 3.8) is 0 Å². The molecule has 1 aromatic rings. The molecule has 0 aliphatic carbocycles. The van der Waals surface area contributed by atoms with Crippen molar-refractivity contribution in [2.75, 3.05) is 0 Å². The van der Waals surface area contributed by atoms with E-state index in [1.165, 1.54) is 12.1 Å². The van der Waals surface area contributed by atoms with Crippen molar-refractivity contribution in [3.05, 3.63) is 17.9 Å². The highest BCUT2D eigenvalue weighted by Crippen LogP contribution is 2.15. The first-order chi connectivity index (χ1) is 8.49. The Bertz CT molecular complexity index is 452. The topological polar surface area (TPSA) is 79.5 Å². The summed E-state index contributed by atoms with van der Waals surface area (Å²) in [5.41, 5.74) is 0. The van der Waals surface area contributed by atoms with Crippen LogP contribution in [0.25, 0.3) is 0 Å². The molecule has 1 rings (SSSR count). The molecule has 0 radical (unpaired) electrons.